The lowest BCUT2D eigenvalue weighted by Crippen LogP contribution is -2.42. The number of anilines is 1. The molecule has 0 bridgehead atoms. The van der Waals surface area contributed by atoms with E-state index in [1.807, 2.05) is 12.1 Å². The number of carbonyl (C=O) groups is 1. The maximum atomic E-state index is 13.0. The van der Waals surface area contributed by atoms with Crippen molar-refractivity contribution in [2.75, 3.05) is 17.8 Å². The van der Waals surface area contributed by atoms with E-state index in [-0.39, 0.29) is 18.1 Å². The van der Waals surface area contributed by atoms with Gasteiger partial charge in [-0.1, -0.05) is 23.7 Å². The second-order valence-electron chi connectivity index (χ2n) is 5.99. The molecule has 0 fully saturated rings. The molecule has 5 nitrogen and oxygen atoms in total. The molecule has 1 atom stereocenters. The Morgan fingerprint density at radius 2 is 1.81 bits per heavy atom. The van der Waals surface area contributed by atoms with E-state index >= 15 is 0 Å². The molecule has 0 N–H and O–H groups in total. The third-order valence-corrected chi connectivity index (χ3v) is 5.76. The molecule has 0 radical (unpaired) electrons. The van der Waals surface area contributed by atoms with E-state index in [1.165, 1.54) is 10.3 Å². The van der Waals surface area contributed by atoms with Gasteiger partial charge < -0.3 is 9.64 Å². The number of rotatable bonds is 5. The fourth-order valence-electron chi connectivity index (χ4n) is 2.85. The van der Waals surface area contributed by atoms with Gasteiger partial charge in [-0.15, -0.1) is 0 Å². The average Bonchev–Trinajstić information content (AvgIpc) is 2.97. The van der Waals surface area contributed by atoms with E-state index in [4.69, 9.17) is 16.3 Å². The Hall–Kier alpha value is -2.31. The summed E-state index contributed by atoms with van der Waals surface area (Å²) in [7, 11) is -1.71. The number of nitrogens with zero attached hydrogens (tertiary/aromatic N) is 1. The molecule has 0 saturated heterocycles. The molecule has 3 rings (SSSR count). The maximum Gasteiger partial charge on any atom is 0.231 e. The van der Waals surface area contributed by atoms with Crippen molar-refractivity contribution in [3.63, 3.8) is 0 Å². The first-order valence-electron chi connectivity index (χ1n) is 7.99. The minimum Gasteiger partial charge on any atom is -0.497 e. The van der Waals surface area contributed by atoms with Crippen LogP contribution in [0.15, 0.2) is 60.0 Å². The van der Waals surface area contributed by atoms with E-state index in [2.05, 4.69) is 0 Å². The summed E-state index contributed by atoms with van der Waals surface area (Å²) in [5.41, 5.74) is 1.43. The normalized spacial score (nSPS) is 17.8. The van der Waals surface area contributed by atoms with Crippen molar-refractivity contribution in [1.29, 1.82) is 0 Å². The Balaban J connectivity index is 1.88. The van der Waals surface area contributed by atoms with Crippen molar-refractivity contribution in [3.05, 3.63) is 70.6 Å². The lowest BCUT2D eigenvalue weighted by atomic mass is 10.1. The predicted molar refractivity (Wildman–Crippen MR) is 102 cm³/mol. The number of benzene rings is 2. The van der Waals surface area contributed by atoms with Crippen LogP contribution in [0.2, 0.25) is 5.02 Å². The summed E-state index contributed by atoms with van der Waals surface area (Å²) >= 11 is 5.93. The van der Waals surface area contributed by atoms with Crippen LogP contribution in [0.5, 0.6) is 5.75 Å². The lowest BCUT2D eigenvalue weighted by molar-refractivity contribution is -0.118. The molecule has 136 valence electrons. The Morgan fingerprint density at radius 3 is 2.35 bits per heavy atom. The topological polar surface area (TPSA) is 63.7 Å². The zero-order chi connectivity index (χ0) is 18.7. The Kier molecular flexibility index (Phi) is 5.34. The number of amides is 1. The summed E-state index contributed by atoms with van der Waals surface area (Å²) in [5, 5.41) is 1.72. The molecule has 0 unspecified atom stereocenters. The third kappa shape index (κ3) is 4.26. The van der Waals surface area contributed by atoms with Gasteiger partial charge in [0.05, 0.1) is 25.3 Å². The van der Waals surface area contributed by atoms with Crippen LogP contribution in [0.1, 0.15) is 5.56 Å². The second-order valence-corrected chi connectivity index (χ2v) is 8.36. The SMILES string of the molecule is COc1ccc(CC(=O)N(c2ccc(Cl)cc2)[C@@H]2C=CS(=O)(=O)C2)cc1. The highest BCUT2D eigenvalue weighted by molar-refractivity contribution is 7.94. The van der Waals surface area contributed by atoms with Gasteiger partial charge in [-0.3, -0.25) is 4.79 Å². The van der Waals surface area contributed by atoms with Gasteiger partial charge in [0.2, 0.25) is 5.91 Å². The number of hydrogen-bond acceptors (Lipinski definition) is 4. The summed E-state index contributed by atoms with van der Waals surface area (Å²) in [4.78, 5) is 14.5. The average molecular weight is 392 g/mol. The smallest absolute Gasteiger partial charge is 0.231 e. The number of ether oxygens (including phenoxy) is 1. The number of carbonyl (C=O) groups excluding carboxylic acids is 1. The van der Waals surface area contributed by atoms with Crippen molar-refractivity contribution >= 4 is 33.0 Å². The minimum absolute atomic E-state index is 0.121. The fourth-order valence-corrected chi connectivity index (χ4v) is 4.24. The summed E-state index contributed by atoms with van der Waals surface area (Å²) in [5.74, 6) is 0.397. The van der Waals surface area contributed by atoms with Gasteiger partial charge in [0, 0.05) is 16.1 Å². The molecule has 26 heavy (non-hydrogen) atoms. The second kappa shape index (κ2) is 7.51. The van der Waals surface area contributed by atoms with Crippen LogP contribution in [0, 0.1) is 0 Å². The van der Waals surface area contributed by atoms with E-state index in [9.17, 15) is 13.2 Å². The van der Waals surface area contributed by atoms with Gasteiger partial charge >= 0.3 is 0 Å². The largest absolute Gasteiger partial charge is 0.497 e. The molecule has 0 saturated carbocycles. The summed E-state index contributed by atoms with van der Waals surface area (Å²) in [6.45, 7) is 0. The first-order chi connectivity index (χ1) is 12.4. The summed E-state index contributed by atoms with van der Waals surface area (Å²) < 4.78 is 28.8. The van der Waals surface area contributed by atoms with E-state index in [0.717, 1.165) is 5.56 Å². The van der Waals surface area contributed by atoms with Crippen molar-refractivity contribution in [2.24, 2.45) is 0 Å². The lowest BCUT2D eigenvalue weighted by Gasteiger charge is -2.28. The zero-order valence-corrected chi connectivity index (χ0v) is 15.7. The molecule has 1 aliphatic heterocycles. The van der Waals surface area contributed by atoms with E-state index in [0.29, 0.717) is 16.5 Å². The van der Waals surface area contributed by atoms with Crippen LogP contribution in [0.4, 0.5) is 5.69 Å². The highest BCUT2D eigenvalue weighted by Crippen LogP contribution is 2.25. The molecule has 1 aliphatic rings. The van der Waals surface area contributed by atoms with Crippen LogP contribution in [-0.2, 0) is 21.1 Å². The molecule has 2 aromatic carbocycles. The van der Waals surface area contributed by atoms with E-state index < -0.39 is 15.9 Å². The predicted octanol–water partition coefficient (Wildman–Crippen LogP) is 3.24. The van der Waals surface area contributed by atoms with Crippen molar-refractivity contribution in [3.8, 4) is 5.75 Å². The van der Waals surface area contributed by atoms with Crippen molar-refractivity contribution in [2.45, 2.75) is 12.5 Å². The van der Waals surface area contributed by atoms with Crippen LogP contribution in [0.25, 0.3) is 0 Å². The zero-order valence-electron chi connectivity index (χ0n) is 14.1. The molecule has 0 spiro atoms. The van der Waals surface area contributed by atoms with Gasteiger partial charge in [-0.05, 0) is 48.0 Å². The highest BCUT2D eigenvalue weighted by Gasteiger charge is 2.31. The monoisotopic (exact) mass is 391 g/mol. The molecule has 7 heteroatoms. The molecule has 1 amide bonds. The molecular formula is C19H18ClNO4S. The highest BCUT2D eigenvalue weighted by atomic mass is 35.5. The van der Waals surface area contributed by atoms with Crippen molar-refractivity contribution < 1.29 is 17.9 Å². The molecule has 2 aromatic rings. The Morgan fingerprint density at radius 1 is 1.15 bits per heavy atom. The fraction of sp³-hybridized carbons (Fsp3) is 0.211. The standard InChI is InChI=1S/C19H18ClNO4S/c1-25-18-8-2-14(3-9-18)12-19(22)21(16-6-4-15(20)5-7-16)17-10-11-26(23,24)13-17/h2-11,17H,12-13H2,1H3/t17-/m1/s1. The van der Waals surface area contributed by atoms with Crippen LogP contribution < -0.4 is 9.64 Å². The number of halogens is 1. The van der Waals surface area contributed by atoms with Gasteiger partial charge in [0.1, 0.15) is 5.75 Å². The van der Waals surface area contributed by atoms with Crippen LogP contribution in [-0.4, -0.2) is 33.2 Å². The first kappa shape index (κ1) is 18.5. The van der Waals surface area contributed by atoms with Crippen molar-refractivity contribution in [1.82, 2.24) is 0 Å². The van der Waals surface area contributed by atoms with Gasteiger partial charge in [-0.2, -0.15) is 0 Å². The van der Waals surface area contributed by atoms with Gasteiger partial charge in [-0.25, -0.2) is 8.42 Å². The Labute approximate surface area is 157 Å². The molecule has 0 aromatic heterocycles. The van der Waals surface area contributed by atoms with E-state index in [1.54, 1.807) is 49.6 Å². The third-order valence-electron chi connectivity index (χ3n) is 4.13. The number of methoxy groups -OCH3 is 1. The maximum absolute atomic E-state index is 13.0. The molecule has 0 aliphatic carbocycles. The van der Waals surface area contributed by atoms with Gasteiger partial charge in [0.25, 0.3) is 0 Å². The van der Waals surface area contributed by atoms with Gasteiger partial charge in [0.15, 0.2) is 9.84 Å². The summed E-state index contributed by atoms with van der Waals surface area (Å²) in [6.07, 6.45) is 1.70. The molecule has 1 heterocycles. The number of sulfone groups is 1. The van der Waals surface area contributed by atoms with Crippen LogP contribution in [0.3, 0.4) is 0 Å². The summed E-state index contributed by atoms with van der Waals surface area (Å²) in [6, 6.07) is 13.5. The minimum atomic E-state index is -3.29. The Bertz CT molecular complexity index is 921. The quantitative estimate of drug-likeness (QED) is 0.784. The first-order valence-corrected chi connectivity index (χ1v) is 10.1. The molecular weight excluding hydrogens is 374 g/mol. The number of hydrogen-bond donors (Lipinski definition) is 0. The van der Waals surface area contributed by atoms with Crippen LogP contribution >= 0.6 is 11.6 Å².